The Morgan fingerprint density at radius 1 is 1.50 bits per heavy atom. The first-order chi connectivity index (χ1) is 9.61. The van der Waals surface area contributed by atoms with Gasteiger partial charge in [-0.1, -0.05) is 0 Å². The fraction of sp³-hybridized carbons (Fsp3) is 0.231. The molecule has 1 amide bonds. The zero-order valence-electron chi connectivity index (χ0n) is 11.0. The van der Waals surface area contributed by atoms with Gasteiger partial charge in [0.25, 0.3) is 0 Å². The lowest BCUT2D eigenvalue weighted by atomic mass is 10.1. The number of carbonyl (C=O) groups is 1. The zero-order valence-corrected chi connectivity index (χ0v) is 11.0. The van der Waals surface area contributed by atoms with E-state index in [2.05, 4.69) is 10.4 Å². The third-order valence-electron chi connectivity index (χ3n) is 2.70. The summed E-state index contributed by atoms with van der Waals surface area (Å²) in [6.45, 7) is 0.788. The van der Waals surface area contributed by atoms with E-state index in [0.717, 1.165) is 11.3 Å². The number of rotatable bonds is 5. The maximum Gasteiger partial charge on any atom is 0.409 e. The summed E-state index contributed by atoms with van der Waals surface area (Å²) in [4.78, 5) is 10.7. The number of nitrogens with two attached hydrogens (primary N) is 1. The number of nitrogens with one attached hydrogen (secondary N) is 1. The fourth-order valence-corrected chi connectivity index (χ4v) is 1.86. The Kier molecular flexibility index (Phi) is 4.21. The van der Waals surface area contributed by atoms with Gasteiger partial charge in [0.15, 0.2) is 0 Å². The van der Waals surface area contributed by atoms with Crippen molar-refractivity contribution < 1.29 is 14.6 Å². The Balaban J connectivity index is 2.42. The standard InChI is InChI=1S/C13H16N4O3/c1-17-11(4-6-15-17)10-8-9(16-13(18)19)2-3-12(10)20-7-5-14/h2-4,6,8,16H,5,7,14H2,1H3,(H,18,19). The van der Waals surface area contributed by atoms with E-state index in [1.165, 1.54) is 0 Å². The molecular formula is C13H16N4O3. The minimum atomic E-state index is -1.11. The molecule has 0 unspecified atom stereocenters. The number of nitrogens with zero attached hydrogens (tertiary/aromatic N) is 2. The molecule has 0 bridgehead atoms. The van der Waals surface area contributed by atoms with Gasteiger partial charge in [0.1, 0.15) is 12.4 Å². The van der Waals surface area contributed by atoms with Crippen molar-refractivity contribution in [1.29, 1.82) is 0 Å². The van der Waals surface area contributed by atoms with E-state index in [-0.39, 0.29) is 0 Å². The Hall–Kier alpha value is -2.54. The van der Waals surface area contributed by atoms with Crippen molar-refractivity contribution in [2.45, 2.75) is 0 Å². The molecule has 106 valence electrons. The molecule has 1 aromatic carbocycles. The van der Waals surface area contributed by atoms with Gasteiger partial charge in [-0.2, -0.15) is 5.10 Å². The molecule has 2 rings (SSSR count). The molecule has 7 heteroatoms. The number of hydrogen-bond donors (Lipinski definition) is 3. The predicted octanol–water partition coefficient (Wildman–Crippen LogP) is 1.51. The van der Waals surface area contributed by atoms with Crippen LogP contribution in [0.2, 0.25) is 0 Å². The third-order valence-corrected chi connectivity index (χ3v) is 2.70. The summed E-state index contributed by atoms with van der Waals surface area (Å²) in [6, 6.07) is 6.88. The average Bonchev–Trinajstić information content (AvgIpc) is 2.82. The minimum absolute atomic E-state index is 0.385. The van der Waals surface area contributed by atoms with Crippen molar-refractivity contribution in [3.63, 3.8) is 0 Å². The number of benzene rings is 1. The van der Waals surface area contributed by atoms with Crippen LogP contribution in [-0.2, 0) is 7.05 Å². The van der Waals surface area contributed by atoms with Gasteiger partial charge in [0.2, 0.25) is 0 Å². The largest absolute Gasteiger partial charge is 0.492 e. The lowest BCUT2D eigenvalue weighted by Gasteiger charge is -2.13. The molecule has 4 N–H and O–H groups in total. The van der Waals surface area contributed by atoms with Crippen LogP contribution in [-0.4, -0.2) is 34.1 Å². The van der Waals surface area contributed by atoms with E-state index in [9.17, 15) is 4.79 Å². The number of amides is 1. The van der Waals surface area contributed by atoms with E-state index in [1.54, 1.807) is 36.1 Å². The van der Waals surface area contributed by atoms with Crippen LogP contribution in [0.5, 0.6) is 5.75 Å². The topological polar surface area (TPSA) is 102 Å². The van der Waals surface area contributed by atoms with Crippen LogP contribution in [0.3, 0.4) is 0 Å². The Morgan fingerprint density at radius 2 is 2.30 bits per heavy atom. The second-order valence-corrected chi connectivity index (χ2v) is 4.12. The molecule has 1 heterocycles. The first-order valence-corrected chi connectivity index (χ1v) is 6.07. The third kappa shape index (κ3) is 3.07. The highest BCUT2D eigenvalue weighted by molar-refractivity contribution is 5.85. The van der Waals surface area contributed by atoms with Crippen LogP contribution in [0.15, 0.2) is 30.5 Å². The number of aromatic nitrogens is 2. The fourth-order valence-electron chi connectivity index (χ4n) is 1.86. The van der Waals surface area contributed by atoms with E-state index in [4.69, 9.17) is 15.6 Å². The van der Waals surface area contributed by atoms with Crippen molar-refractivity contribution in [3.05, 3.63) is 30.5 Å². The molecular weight excluding hydrogens is 260 g/mol. The lowest BCUT2D eigenvalue weighted by molar-refractivity contribution is 0.209. The number of carboxylic acid groups (broad SMARTS) is 1. The maximum absolute atomic E-state index is 10.7. The molecule has 0 aliphatic rings. The number of anilines is 1. The van der Waals surface area contributed by atoms with Crippen molar-refractivity contribution >= 4 is 11.8 Å². The highest BCUT2D eigenvalue weighted by Gasteiger charge is 2.12. The van der Waals surface area contributed by atoms with Crippen LogP contribution >= 0.6 is 0 Å². The first kappa shape index (κ1) is 13.9. The SMILES string of the molecule is Cn1nccc1-c1cc(NC(=O)O)ccc1OCCN. The summed E-state index contributed by atoms with van der Waals surface area (Å²) < 4.78 is 7.27. The number of hydrogen-bond acceptors (Lipinski definition) is 4. The average molecular weight is 276 g/mol. The summed E-state index contributed by atoms with van der Waals surface area (Å²) >= 11 is 0. The first-order valence-electron chi connectivity index (χ1n) is 6.07. The smallest absolute Gasteiger partial charge is 0.409 e. The Bertz CT molecular complexity index is 609. The van der Waals surface area contributed by atoms with Gasteiger partial charge in [-0.3, -0.25) is 10.00 Å². The van der Waals surface area contributed by atoms with Crippen LogP contribution in [0.4, 0.5) is 10.5 Å². The quantitative estimate of drug-likeness (QED) is 0.768. The van der Waals surface area contributed by atoms with Crippen LogP contribution in [0.1, 0.15) is 0 Å². The number of aryl methyl sites for hydroxylation is 1. The minimum Gasteiger partial charge on any atom is -0.492 e. The van der Waals surface area contributed by atoms with Crippen molar-refractivity contribution in [3.8, 4) is 17.0 Å². The van der Waals surface area contributed by atoms with Gasteiger partial charge in [-0.15, -0.1) is 0 Å². The number of ether oxygens (including phenoxy) is 1. The second-order valence-electron chi connectivity index (χ2n) is 4.12. The van der Waals surface area contributed by atoms with Gasteiger partial charge in [-0.25, -0.2) is 4.79 Å². The van der Waals surface area contributed by atoms with Gasteiger partial charge in [0.05, 0.1) is 5.69 Å². The van der Waals surface area contributed by atoms with Gasteiger partial charge in [0, 0.05) is 31.0 Å². The highest BCUT2D eigenvalue weighted by atomic mass is 16.5. The van der Waals surface area contributed by atoms with Gasteiger partial charge >= 0.3 is 6.09 Å². The molecule has 1 aromatic heterocycles. The molecule has 0 radical (unpaired) electrons. The van der Waals surface area contributed by atoms with Gasteiger partial charge in [-0.05, 0) is 24.3 Å². The molecule has 0 aliphatic heterocycles. The molecule has 7 nitrogen and oxygen atoms in total. The monoisotopic (exact) mass is 276 g/mol. The molecule has 0 saturated heterocycles. The molecule has 0 saturated carbocycles. The van der Waals surface area contributed by atoms with Crippen LogP contribution in [0, 0.1) is 0 Å². The normalized spacial score (nSPS) is 10.3. The highest BCUT2D eigenvalue weighted by Crippen LogP contribution is 2.32. The lowest BCUT2D eigenvalue weighted by Crippen LogP contribution is -2.12. The molecule has 0 atom stereocenters. The maximum atomic E-state index is 10.7. The van der Waals surface area contributed by atoms with Crippen molar-refractivity contribution in [2.24, 2.45) is 12.8 Å². The predicted molar refractivity (Wildman–Crippen MR) is 74.8 cm³/mol. The van der Waals surface area contributed by atoms with E-state index in [1.807, 2.05) is 6.07 Å². The van der Waals surface area contributed by atoms with E-state index >= 15 is 0 Å². The van der Waals surface area contributed by atoms with Crippen molar-refractivity contribution in [2.75, 3.05) is 18.5 Å². The van der Waals surface area contributed by atoms with Gasteiger partial charge < -0.3 is 15.6 Å². The molecule has 0 aliphatic carbocycles. The van der Waals surface area contributed by atoms with E-state index < -0.39 is 6.09 Å². The summed E-state index contributed by atoms with van der Waals surface area (Å²) in [7, 11) is 1.80. The Labute approximate surface area is 116 Å². The molecule has 0 fully saturated rings. The molecule has 20 heavy (non-hydrogen) atoms. The zero-order chi connectivity index (χ0) is 14.5. The molecule has 2 aromatic rings. The Morgan fingerprint density at radius 3 is 2.90 bits per heavy atom. The molecule has 0 spiro atoms. The van der Waals surface area contributed by atoms with Crippen molar-refractivity contribution in [1.82, 2.24) is 9.78 Å². The summed E-state index contributed by atoms with van der Waals surface area (Å²) in [5.41, 5.74) is 7.48. The second kappa shape index (κ2) is 6.07. The van der Waals surface area contributed by atoms with E-state index in [0.29, 0.717) is 24.6 Å². The van der Waals surface area contributed by atoms with Crippen LogP contribution < -0.4 is 15.8 Å². The summed E-state index contributed by atoms with van der Waals surface area (Å²) in [6.07, 6.45) is 0.552. The summed E-state index contributed by atoms with van der Waals surface area (Å²) in [5, 5.41) is 15.2. The summed E-state index contributed by atoms with van der Waals surface area (Å²) in [5.74, 6) is 0.634. The van der Waals surface area contributed by atoms with Crippen LogP contribution in [0.25, 0.3) is 11.3 Å².